The molecule has 6 rings (SSSR count). The number of hydrazone groups is 1. The first kappa shape index (κ1) is 21.4. The third-order valence-corrected chi connectivity index (χ3v) is 5.94. The second-order valence-corrected chi connectivity index (χ2v) is 8.27. The minimum Gasteiger partial charge on any atom is -0.267 e. The molecule has 0 radical (unpaired) electrons. The molecule has 1 aliphatic rings. The van der Waals surface area contributed by atoms with E-state index in [1.807, 2.05) is 120 Å². The van der Waals surface area contributed by atoms with Crippen LogP contribution in [0, 0.1) is 0 Å². The maximum Gasteiger partial charge on any atom is 0.281 e. The molecule has 1 aliphatic heterocycles. The fourth-order valence-electron chi connectivity index (χ4n) is 4.19. The number of hydrogen-bond acceptors (Lipinski definition) is 4. The number of hydrogen-bond donors (Lipinski definition) is 0. The van der Waals surface area contributed by atoms with Crippen LogP contribution in [0.4, 0.5) is 5.69 Å². The van der Waals surface area contributed by atoms with Gasteiger partial charge in [0.1, 0.15) is 11.4 Å². The van der Waals surface area contributed by atoms with Crippen molar-refractivity contribution in [2.45, 2.75) is 0 Å². The van der Waals surface area contributed by atoms with Crippen molar-refractivity contribution in [3.63, 3.8) is 0 Å². The molecular formula is C30H21N5O. The molecule has 0 bridgehead atoms. The van der Waals surface area contributed by atoms with E-state index in [2.05, 4.69) is 4.98 Å². The molecule has 0 unspecified atom stereocenters. The first-order chi connectivity index (χ1) is 17.8. The molecule has 6 nitrogen and oxygen atoms in total. The van der Waals surface area contributed by atoms with E-state index in [1.54, 1.807) is 12.4 Å². The Morgan fingerprint density at radius 1 is 0.667 bits per heavy atom. The van der Waals surface area contributed by atoms with Crippen molar-refractivity contribution in [1.29, 1.82) is 0 Å². The number of carbonyl (C=O) groups is 1. The number of carbonyl (C=O) groups excluding carboxylic acids is 1. The van der Waals surface area contributed by atoms with Gasteiger partial charge >= 0.3 is 0 Å². The van der Waals surface area contributed by atoms with Gasteiger partial charge in [-0.2, -0.15) is 15.2 Å². The van der Waals surface area contributed by atoms with E-state index in [0.717, 1.165) is 28.1 Å². The van der Waals surface area contributed by atoms with Crippen LogP contribution < -0.4 is 5.01 Å². The quantitative estimate of drug-likeness (QED) is 0.308. The second-order valence-electron chi connectivity index (χ2n) is 8.27. The lowest BCUT2D eigenvalue weighted by atomic mass is 9.99. The van der Waals surface area contributed by atoms with Crippen molar-refractivity contribution in [1.82, 2.24) is 14.8 Å². The average molecular weight is 468 g/mol. The van der Waals surface area contributed by atoms with Crippen LogP contribution in [0.25, 0.3) is 23.0 Å². The molecule has 0 aliphatic carbocycles. The SMILES string of the molecule is O=C1C(=Cc2cn(-c3ccccc3)nc2-c2ccncc2)C(c2ccccc2)=NN1c1ccccc1. The number of aromatic nitrogens is 3. The smallest absolute Gasteiger partial charge is 0.267 e. The van der Waals surface area contributed by atoms with Gasteiger partial charge in [-0.05, 0) is 42.5 Å². The summed E-state index contributed by atoms with van der Waals surface area (Å²) in [7, 11) is 0. The van der Waals surface area contributed by atoms with Gasteiger partial charge < -0.3 is 0 Å². The number of pyridine rings is 1. The van der Waals surface area contributed by atoms with Crippen molar-refractivity contribution < 1.29 is 4.79 Å². The number of amides is 1. The zero-order valence-electron chi connectivity index (χ0n) is 19.3. The summed E-state index contributed by atoms with van der Waals surface area (Å²) in [5, 5.41) is 11.1. The Hall–Kier alpha value is -5.10. The summed E-state index contributed by atoms with van der Waals surface area (Å²) in [6, 6.07) is 33.0. The van der Waals surface area contributed by atoms with Crippen molar-refractivity contribution in [3.8, 4) is 16.9 Å². The summed E-state index contributed by atoms with van der Waals surface area (Å²) >= 11 is 0. The van der Waals surface area contributed by atoms with Crippen molar-refractivity contribution >= 4 is 23.4 Å². The molecule has 1 amide bonds. The molecule has 0 spiro atoms. The van der Waals surface area contributed by atoms with Gasteiger partial charge in [-0.1, -0.05) is 66.7 Å². The van der Waals surface area contributed by atoms with Gasteiger partial charge in [0.05, 0.1) is 16.9 Å². The van der Waals surface area contributed by atoms with E-state index in [0.29, 0.717) is 17.0 Å². The molecule has 0 saturated carbocycles. The van der Waals surface area contributed by atoms with Crippen LogP contribution in [-0.2, 0) is 4.79 Å². The lowest BCUT2D eigenvalue weighted by molar-refractivity contribution is -0.114. The van der Waals surface area contributed by atoms with E-state index in [-0.39, 0.29) is 5.91 Å². The highest BCUT2D eigenvalue weighted by molar-refractivity contribution is 6.37. The molecule has 5 aromatic rings. The molecule has 0 saturated heterocycles. The summed E-state index contributed by atoms with van der Waals surface area (Å²) in [6.45, 7) is 0. The van der Waals surface area contributed by atoms with E-state index in [9.17, 15) is 4.79 Å². The predicted molar refractivity (Wildman–Crippen MR) is 142 cm³/mol. The number of rotatable bonds is 5. The Bertz CT molecular complexity index is 1570. The largest absolute Gasteiger partial charge is 0.281 e. The van der Waals surface area contributed by atoms with Crippen molar-refractivity contribution in [3.05, 3.63) is 138 Å². The van der Waals surface area contributed by atoms with Crippen molar-refractivity contribution in [2.75, 3.05) is 5.01 Å². The van der Waals surface area contributed by atoms with Crippen LogP contribution in [0.3, 0.4) is 0 Å². The number of nitrogens with zero attached hydrogens (tertiary/aromatic N) is 5. The molecule has 0 N–H and O–H groups in total. The van der Waals surface area contributed by atoms with E-state index in [1.165, 1.54) is 5.01 Å². The van der Waals surface area contributed by atoms with Gasteiger partial charge in [-0.15, -0.1) is 0 Å². The second kappa shape index (κ2) is 9.27. The monoisotopic (exact) mass is 467 g/mol. The maximum absolute atomic E-state index is 13.7. The zero-order valence-corrected chi connectivity index (χ0v) is 19.3. The highest BCUT2D eigenvalue weighted by atomic mass is 16.2. The van der Waals surface area contributed by atoms with Crippen LogP contribution in [0.2, 0.25) is 0 Å². The Kier molecular flexibility index (Phi) is 5.52. The van der Waals surface area contributed by atoms with Gasteiger partial charge in [0, 0.05) is 35.3 Å². The van der Waals surface area contributed by atoms with Crippen LogP contribution >= 0.6 is 0 Å². The van der Waals surface area contributed by atoms with Crippen molar-refractivity contribution in [2.24, 2.45) is 5.10 Å². The Balaban J connectivity index is 1.52. The van der Waals surface area contributed by atoms with Crippen LogP contribution in [0.5, 0.6) is 0 Å². The standard InChI is InChI=1S/C30H21N5O/c36-30-27(29(22-10-4-1-5-11-22)33-35(30)26-14-8-3-9-15-26)20-24-21-34(25-12-6-2-7-13-25)32-28(24)23-16-18-31-19-17-23/h1-21H. The van der Waals surface area contributed by atoms with Crippen LogP contribution in [-0.4, -0.2) is 26.4 Å². The summed E-state index contributed by atoms with van der Waals surface area (Å²) in [4.78, 5) is 17.9. The van der Waals surface area contributed by atoms with Gasteiger partial charge in [0.25, 0.3) is 5.91 Å². The molecule has 6 heteroatoms. The molecule has 0 fully saturated rings. The fourth-order valence-corrected chi connectivity index (χ4v) is 4.19. The highest BCUT2D eigenvalue weighted by Gasteiger charge is 2.32. The zero-order chi connectivity index (χ0) is 24.3. The third kappa shape index (κ3) is 4.01. The molecule has 0 atom stereocenters. The minimum atomic E-state index is -0.187. The number of anilines is 1. The molecular weight excluding hydrogens is 446 g/mol. The number of benzene rings is 3. The first-order valence-electron chi connectivity index (χ1n) is 11.6. The van der Waals surface area contributed by atoms with Crippen LogP contribution in [0.1, 0.15) is 11.1 Å². The number of para-hydroxylation sites is 2. The fraction of sp³-hybridized carbons (Fsp3) is 0. The molecule has 3 aromatic carbocycles. The lowest BCUT2D eigenvalue weighted by Crippen LogP contribution is -2.21. The van der Waals surface area contributed by atoms with E-state index < -0.39 is 0 Å². The Morgan fingerprint density at radius 3 is 1.94 bits per heavy atom. The maximum atomic E-state index is 13.7. The van der Waals surface area contributed by atoms with Gasteiger partial charge in [0.2, 0.25) is 0 Å². The predicted octanol–water partition coefficient (Wildman–Crippen LogP) is 5.77. The summed E-state index contributed by atoms with van der Waals surface area (Å²) in [6.07, 6.45) is 7.31. The molecule has 3 heterocycles. The molecule has 36 heavy (non-hydrogen) atoms. The van der Waals surface area contributed by atoms with Gasteiger partial charge in [-0.25, -0.2) is 4.68 Å². The average Bonchev–Trinajstić information content (AvgIpc) is 3.52. The Morgan fingerprint density at radius 2 is 1.28 bits per heavy atom. The van der Waals surface area contributed by atoms with E-state index >= 15 is 0 Å². The van der Waals surface area contributed by atoms with Crippen LogP contribution in [0.15, 0.2) is 132 Å². The lowest BCUT2D eigenvalue weighted by Gasteiger charge is -2.10. The Labute approximate surface area is 208 Å². The molecule has 172 valence electrons. The topological polar surface area (TPSA) is 63.4 Å². The normalized spacial score (nSPS) is 14.3. The summed E-state index contributed by atoms with van der Waals surface area (Å²) in [5.41, 5.74) is 6.13. The minimum absolute atomic E-state index is 0.187. The van der Waals surface area contributed by atoms with Gasteiger partial charge in [0.15, 0.2) is 0 Å². The highest BCUT2D eigenvalue weighted by Crippen LogP contribution is 2.31. The summed E-state index contributed by atoms with van der Waals surface area (Å²) < 4.78 is 1.83. The van der Waals surface area contributed by atoms with E-state index in [4.69, 9.17) is 10.2 Å². The van der Waals surface area contributed by atoms with Gasteiger partial charge in [-0.3, -0.25) is 9.78 Å². The summed E-state index contributed by atoms with van der Waals surface area (Å²) in [5.74, 6) is -0.187. The molecule has 2 aromatic heterocycles. The third-order valence-electron chi connectivity index (χ3n) is 5.94. The first-order valence-corrected chi connectivity index (χ1v) is 11.6.